The highest BCUT2D eigenvalue weighted by Crippen LogP contribution is 2.28. The van der Waals surface area contributed by atoms with E-state index >= 15 is 0 Å². The van der Waals surface area contributed by atoms with Crippen LogP contribution >= 0.6 is 0 Å². The lowest BCUT2D eigenvalue weighted by atomic mass is 9.97. The summed E-state index contributed by atoms with van der Waals surface area (Å²) in [6.45, 7) is 2.34. The summed E-state index contributed by atoms with van der Waals surface area (Å²) in [5.74, 6) is -3.78. The minimum absolute atomic E-state index is 0.407. The lowest BCUT2D eigenvalue weighted by Gasteiger charge is -2.17. The fraction of sp³-hybridized carbons (Fsp3) is 0.212. The van der Waals surface area contributed by atoms with E-state index in [0.29, 0.717) is 22.3 Å². The molecular weight excluding hydrogens is 514 g/mol. The first-order chi connectivity index (χ1) is 19.2. The maximum Gasteiger partial charge on any atom is 0.313 e. The molecule has 1 N–H and O–H groups in total. The van der Waals surface area contributed by atoms with Crippen LogP contribution in [0.2, 0.25) is 0 Å². The van der Waals surface area contributed by atoms with Crippen LogP contribution in [0.5, 0.6) is 0 Å². The van der Waals surface area contributed by atoms with Crippen LogP contribution in [0.25, 0.3) is 22.3 Å². The summed E-state index contributed by atoms with van der Waals surface area (Å²) < 4.78 is 39.7. The van der Waals surface area contributed by atoms with Gasteiger partial charge in [-0.15, -0.1) is 0 Å². The van der Waals surface area contributed by atoms with Crippen LogP contribution < -0.4 is 0 Å². The van der Waals surface area contributed by atoms with E-state index in [1.54, 1.807) is 62.4 Å². The fourth-order valence-corrected chi connectivity index (χ4v) is 4.23. The van der Waals surface area contributed by atoms with E-state index < -0.39 is 54.7 Å². The Kier molecular flexibility index (Phi) is 9.40. The summed E-state index contributed by atoms with van der Waals surface area (Å²) in [5.41, 5.74) is 3.16. The zero-order chi connectivity index (χ0) is 28.6. The SMILES string of the molecule is CC(C(=O)OCC(O)COC(=O)C(C)c1ccc(-c2ccccc2)c(F)c1)c1ccc(-c2ccccc2)c(F)c1. The highest BCUT2D eigenvalue weighted by Gasteiger charge is 2.22. The third-order valence-corrected chi connectivity index (χ3v) is 6.70. The van der Waals surface area contributed by atoms with Crippen LogP contribution in [0, 0.1) is 11.6 Å². The highest BCUT2D eigenvalue weighted by atomic mass is 19.1. The Balaban J connectivity index is 1.26. The molecule has 0 bridgehead atoms. The number of hydrogen-bond acceptors (Lipinski definition) is 5. The van der Waals surface area contributed by atoms with Gasteiger partial charge in [0.05, 0.1) is 11.8 Å². The first-order valence-electron chi connectivity index (χ1n) is 13.0. The molecule has 5 nitrogen and oxygen atoms in total. The van der Waals surface area contributed by atoms with Gasteiger partial charge in [0.1, 0.15) is 31.0 Å². The Labute approximate surface area is 232 Å². The Bertz CT molecular complexity index is 1350. The second-order valence-electron chi connectivity index (χ2n) is 9.57. The summed E-state index contributed by atoms with van der Waals surface area (Å²) in [6.07, 6.45) is -1.26. The van der Waals surface area contributed by atoms with E-state index in [4.69, 9.17) is 9.47 Å². The van der Waals surface area contributed by atoms with Gasteiger partial charge in [0.25, 0.3) is 0 Å². The second kappa shape index (κ2) is 13.1. The summed E-state index contributed by atoms with van der Waals surface area (Å²) in [7, 11) is 0. The normalized spacial score (nSPS) is 13.2. The number of halogens is 2. The molecule has 0 amide bonds. The first kappa shape index (κ1) is 28.6. The van der Waals surface area contributed by atoms with Gasteiger partial charge in [-0.3, -0.25) is 9.59 Å². The van der Waals surface area contributed by atoms with E-state index in [1.807, 2.05) is 36.4 Å². The summed E-state index contributed by atoms with van der Waals surface area (Å²) in [4.78, 5) is 25.0. The summed E-state index contributed by atoms with van der Waals surface area (Å²) in [6, 6.07) is 27.3. The minimum Gasteiger partial charge on any atom is -0.462 e. The standard InChI is InChI=1S/C33H30F2O5/c1-21(25-13-15-28(30(34)17-25)23-9-5-3-6-10-23)32(37)39-19-27(36)20-40-33(38)22(2)26-14-16-29(31(35)18-26)24-11-7-4-8-12-24/h3-18,21-22,27,36H,19-20H2,1-2H3. The molecule has 2 unspecified atom stereocenters. The van der Waals surface area contributed by atoms with Gasteiger partial charge < -0.3 is 14.6 Å². The van der Waals surface area contributed by atoms with Crippen molar-refractivity contribution in [2.24, 2.45) is 0 Å². The molecule has 0 radical (unpaired) electrons. The van der Waals surface area contributed by atoms with E-state index in [-0.39, 0.29) is 0 Å². The number of aliphatic hydroxyl groups is 1. The molecule has 0 aliphatic rings. The van der Waals surface area contributed by atoms with Crippen molar-refractivity contribution in [3.63, 3.8) is 0 Å². The Morgan fingerprint density at radius 3 is 1.38 bits per heavy atom. The molecule has 0 heterocycles. The molecule has 4 aromatic rings. The topological polar surface area (TPSA) is 72.8 Å². The average Bonchev–Trinajstić information content (AvgIpc) is 2.98. The van der Waals surface area contributed by atoms with E-state index in [2.05, 4.69) is 0 Å². The molecule has 4 aromatic carbocycles. The van der Waals surface area contributed by atoms with Crippen molar-refractivity contribution >= 4 is 11.9 Å². The first-order valence-corrected chi connectivity index (χ1v) is 13.0. The van der Waals surface area contributed by atoms with E-state index in [0.717, 1.165) is 11.1 Å². The van der Waals surface area contributed by atoms with Crippen LogP contribution in [-0.4, -0.2) is 36.4 Å². The number of ether oxygens (including phenoxy) is 2. The monoisotopic (exact) mass is 544 g/mol. The predicted molar refractivity (Wildman–Crippen MR) is 148 cm³/mol. The zero-order valence-corrected chi connectivity index (χ0v) is 22.2. The molecule has 0 aliphatic carbocycles. The van der Waals surface area contributed by atoms with Crippen molar-refractivity contribution in [1.82, 2.24) is 0 Å². The third-order valence-electron chi connectivity index (χ3n) is 6.70. The maximum atomic E-state index is 14.7. The number of rotatable bonds is 10. The van der Waals surface area contributed by atoms with Crippen molar-refractivity contribution < 1.29 is 33.0 Å². The van der Waals surface area contributed by atoms with Gasteiger partial charge in [0, 0.05) is 11.1 Å². The van der Waals surface area contributed by atoms with Crippen molar-refractivity contribution in [2.75, 3.05) is 13.2 Å². The van der Waals surface area contributed by atoms with Gasteiger partial charge in [-0.2, -0.15) is 0 Å². The Hall–Kier alpha value is -4.36. The fourth-order valence-electron chi connectivity index (χ4n) is 4.23. The van der Waals surface area contributed by atoms with Crippen LogP contribution in [0.4, 0.5) is 8.78 Å². The Morgan fingerprint density at radius 1 is 0.650 bits per heavy atom. The second-order valence-corrected chi connectivity index (χ2v) is 9.57. The van der Waals surface area contributed by atoms with Crippen molar-refractivity contribution in [3.8, 4) is 22.3 Å². The van der Waals surface area contributed by atoms with Crippen LogP contribution in [0.15, 0.2) is 97.1 Å². The van der Waals surface area contributed by atoms with Crippen LogP contribution in [0.3, 0.4) is 0 Å². The van der Waals surface area contributed by atoms with Crippen LogP contribution in [-0.2, 0) is 19.1 Å². The van der Waals surface area contributed by atoms with Gasteiger partial charge in [-0.1, -0.05) is 84.9 Å². The van der Waals surface area contributed by atoms with E-state index in [9.17, 15) is 23.5 Å². The number of esters is 2. The largest absolute Gasteiger partial charge is 0.462 e. The zero-order valence-electron chi connectivity index (χ0n) is 22.2. The predicted octanol–water partition coefficient (Wildman–Crippen LogP) is 6.65. The summed E-state index contributed by atoms with van der Waals surface area (Å²) in [5, 5.41) is 10.2. The average molecular weight is 545 g/mol. The number of benzene rings is 4. The molecule has 7 heteroatoms. The van der Waals surface area contributed by atoms with Crippen molar-refractivity contribution in [2.45, 2.75) is 31.8 Å². The van der Waals surface area contributed by atoms with E-state index in [1.165, 1.54) is 12.1 Å². The third kappa shape index (κ3) is 6.98. The van der Waals surface area contributed by atoms with Crippen LogP contribution in [0.1, 0.15) is 36.8 Å². The molecule has 0 aromatic heterocycles. The number of carbonyl (C=O) groups excluding carboxylic acids is 2. The maximum absolute atomic E-state index is 14.7. The molecule has 0 saturated carbocycles. The quantitative estimate of drug-likeness (QED) is 0.226. The smallest absolute Gasteiger partial charge is 0.313 e. The van der Waals surface area contributed by atoms with Crippen molar-refractivity contribution in [3.05, 3.63) is 120 Å². The number of hydrogen-bond donors (Lipinski definition) is 1. The highest BCUT2D eigenvalue weighted by molar-refractivity contribution is 5.79. The number of carbonyl (C=O) groups is 2. The van der Waals surface area contributed by atoms with Gasteiger partial charge in [0.15, 0.2) is 0 Å². The van der Waals surface area contributed by atoms with Crippen molar-refractivity contribution in [1.29, 1.82) is 0 Å². The molecule has 4 rings (SSSR count). The van der Waals surface area contributed by atoms with Gasteiger partial charge in [-0.25, -0.2) is 8.78 Å². The van der Waals surface area contributed by atoms with Gasteiger partial charge in [0.2, 0.25) is 0 Å². The Morgan fingerprint density at radius 2 is 1.02 bits per heavy atom. The molecule has 0 fully saturated rings. The number of aliphatic hydroxyl groups excluding tert-OH is 1. The molecular formula is C33H30F2O5. The lowest BCUT2D eigenvalue weighted by molar-refractivity contribution is -0.153. The molecule has 40 heavy (non-hydrogen) atoms. The molecule has 206 valence electrons. The molecule has 0 spiro atoms. The van der Waals surface area contributed by atoms with Gasteiger partial charge >= 0.3 is 11.9 Å². The molecule has 2 atom stereocenters. The van der Waals surface area contributed by atoms with Gasteiger partial charge in [-0.05, 0) is 48.2 Å². The lowest BCUT2D eigenvalue weighted by Crippen LogP contribution is -2.27. The molecule has 0 saturated heterocycles. The molecule has 0 aliphatic heterocycles. The minimum atomic E-state index is -1.26. The summed E-state index contributed by atoms with van der Waals surface area (Å²) >= 11 is 0.